The predicted molar refractivity (Wildman–Crippen MR) is 189 cm³/mol. The maximum atomic E-state index is 10.2. The summed E-state index contributed by atoms with van der Waals surface area (Å²) in [6.07, 6.45) is -38.9. The average Bonchev–Trinajstić information content (AvgIpc) is 3.53. The highest BCUT2D eigenvalue weighted by Crippen LogP contribution is 2.25. The summed E-state index contributed by atoms with van der Waals surface area (Å²) in [4.78, 5) is 10.2. The van der Waals surface area contributed by atoms with Crippen molar-refractivity contribution in [2.75, 3.05) is 39.6 Å². The van der Waals surface area contributed by atoms with Crippen LogP contribution in [0, 0.1) is 0 Å². The minimum atomic E-state index is -1.91. The van der Waals surface area contributed by atoms with Crippen LogP contribution in [0.15, 0.2) is 0 Å². The van der Waals surface area contributed by atoms with Crippen molar-refractivity contribution in [1.82, 2.24) is 0 Å². The second-order valence-electron chi connectivity index (χ2n) is 15.0. The van der Waals surface area contributed by atoms with E-state index in [4.69, 9.17) is 43.0 Å². The largest absolute Gasteiger partial charge is 0.388 e. The van der Waals surface area contributed by atoms with E-state index in [-0.39, 0.29) is 32.7 Å². The topological polar surface area (TPSA) is 516 Å². The van der Waals surface area contributed by atoms with Crippen molar-refractivity contribution in [3.8, 4) is 0 Å². The quantitative estimate of drug-likeness (QED) is 0.0719. The minimum Gasteiger partial charge on any atom is -0.388 e. The number of aliphatic hydroxyl groups excluding tert-OH is 21. The standard InChI is InChI=1S/3C11H20O10/c12-3-1-19-11(8(17)5(3)14)20-2-4(13)9-6(15)7(16)10(18)21-9;12-3-1-19-11(9(17)5(3)13)20-2-4-6(14)7(15)8(16)10(18)21-4;12-1-4(13)7(16)8(17)5(14)2-20-11-10(19)9(18)6(15)3-21-11/h2*3-18H,1-2H2;1,4-11,13-19H,2-3H2. The van der Waals surface area contributed by atoms with Gasteiger partial charge in [0.15, 0.2) is 37.7 Å². The Morgan fingerprint density at radius 2 is 0.873 bits per heavy atom. The van der Waals surface area contributed by atoms with Gasteiger partial charge in [0.2, 0.25) is 0 Å². The van der Waals surface area contributed by atoms with Crippen molar-refractivity contribution in [1.29, 1.82) is 0 Å². The van der Waals surface area contributed by atoms with Crippen molar-refractivity contribution in [3.63, 3.8) is 0 Å². The monoisotopic (exact) mass is 936 g/mol. The van der Waals surface area contributed by atoms with Crippen LogP contribution in [-0.4, -0.2) is 313 Å². The zero-order chi connectivity index (χ0) is 47.6. The lowest BCUT2D eigenvalue weighted by atomic mass is 9.99. The molecule has 5 aliphatic heterocycles. The molecule has 30 nitrogen and oxygen atoms in total. The molecule has 26 atom stereocenters. The molecule has 5 aliphatic rings. The van der Waals surface area contributed by atoms with Crippen molar-refractivity contribution in [2.24, 2.45) is 0 Å². The van der Waals surface area contributed by atoms with Crippen LogP contribution in [0.1, 0.15) is 0 Å². The Kier molecular flexibility index (Phi) is 22.7. The lowest BCUT2D eigenvalue weighted by molar-refractivity contribution is -0.312. The van der Waals surface area contributed by atoms with Crippen LogP contribution in [0.25, 0.3) is 0 Å². The molecule has 0 saturated carbocycles. The van der Waals surface area contributed by atoms with Gasteiger partial charge in [0.05, 0.1) is 39.6 Å². The van der Waals surface area contributed by atoms with Crippen LogP contribution in [0.5, 0.6) is 0 Å². The third-order valence-corrected chi connectivity index (χ3v) is 10.2. The summed E-state index contributed by atoms with van der Waals surface area (Å²) in [5.74, 6) is 0. The van der Waals surface area contributed by atoms with E-state index < -0.39 is 173 Å². The fourth-order valence-electron chi connectivity index (χ4n) is 6.13. The first kappa shape index (κ1) is 55.8. The van der Waals surface area contributed by atoms with Crippen LogP contribution >= 0.6 is 0 Å². The first-order chi connectivity index (χ1) is 29.4. The van der Waals surface area contributed by atoms with Crippen molar-refractivity contribution in [3.05, 3.63) is 0 Å². The van der Waals surface area contributed by atoms with E-state index in [0.29, 0.717) is 0 Å². The Morgan fingerprint density at radius 3 is 1.30 bits per heavy atom. The molecule has 5 fully saturated rings. The second kappa shape index (κ2) is 25.6. The van der Waals surface area contributed by atoms with Crippen LogP contribution in [0.2, 0.25) is 0 Å². The molecule has 30 heteroatoms. The summed E-state index contributed by atoms with van der Waals surface area (Å²) < 4.78 is 39.6. The summed E-state index contributed by atoms with van der Waals surface area (Å²) in [5, 5.41) is 198. The van der Waals surface area contributed by atoms with Gasteiger partial charge in [-0.2, -0.15) is 0 Å². The number of aliphatic hydroxyl groups is 21. The molecule has 0 radical (unpaired) electrons. The molecule has 0 spiro atoms. The molecule has 63 heavy (non-hydrogen) atoms. The third-order valence-electron chi connectivity index (χ3n) is 10.2. The lowest BCUT2D eigenvalue weighted by Gasteiger charge is -2.40. The zero-order valence-electron chi connectivity index (χ0n) is 32.9. The Labute approximate surface area is 355 Å². The molecule has 0 aromatic heterocycles. The van der Waals surface area contributed by atoms with Gasteiger partial charge in [-0.1, -0.05) is 0 Å². The normalized spacial score (nSPS) is 45.6. The molecule has 26 unspecified atom stereocenters. The molecule has 5 saturated heterocycles. The lowest BCUT2D eigenvalue weighted by Crippen LogP contribution is -2.59. The number of carbonyl (C=O) groups is 1. The Hall–Kier alpha value is -1.49. The summed E-state index contributed by atoms with van der Waals surface area (Å²) in [5.41, 5.74) is 0. The van der Waals surface area contributed by atoms with Gasteiger partial charge in [0.25, 0.3) is 0 Å². The molecule has 0 aromatic carbocycles. The van der Waals surface area contributed by atoms with E-state index in [2.05, 4.69) is 0 Å². The van der Waals surface area contributed by atoms with Gasteiger partial charge in [0.1, 0.15) is 128 Å². The van der Waals surface area contributed by atoms with E-state index in [1.165, 1.54) is 0 Å². The molecule has 0 amide bonds. The number of hydrogen-bond acceptors (Lipinski definition) is 30. The van der Waals surface area contributed by atoms with Gasteiger partial charge in [-0.15, -0.1) is 0 Å². The highest BCUT2D eigenvalue weighted by atomic mass is 16.7. The molecular weight excluding hydrogens is 876 g/mol. The van der Waals surface area contributed by atoms with Crippen LogP contribution in [-0.2, 0) is 42.7 Å². The van der Waals surface area contributed by atoms with Gasteiger partial charge >= 0.3 is 0 Å². The molecule has 5 heterocycles. The number of hydrogen-bond donors (Lipinski definition) is 21. The van der Waals surface area contributed by atoms with Gasteiger partial charge in [-0.3, -0.25) is 0 Å². The van der Waals surface area contributed by atoms with Crippen molar-refractivity contribution in [2.45, 2.75) is 160 Å². The first-order valence-electron chi connectivity index (χ1n) is 19.2. The van der Waals surface area contributed by atoms with E-state index in [1.807, 2.05) is 0 Å². The first-order valence-corrected chi connectivity index (χ1v) is 19.2. The fraction of sp³-hybridized carbons (Fsp3) is 0.970. The molecule has 0 aliphatic carbocycles. The van der Waals surface area contributed by atoms with Crippen molar-refractivity contribution < 1.29 is 150 Å². The third kappa shape index (κ3) is 14.7. The maximum absolute atomic E-state index is 10.2. The summed E-state index contributed by atoms with van der Waals surface area (Å²) >= 11 is 0. The highest BCUT2D eigenvalue weighted by molar-refractivity contribution is 5.56. The minimum absolute atomic E-state index is 0.00674. The molecule has 372 valence electrons. The molecular formula is C33H60O30. The summed E-state index contributed by atoms with van der Waals surface area (Å²) in [6, 6.07) is 0. The maximum Gasteiger partial charge on any atom is 0.186 e. The molecule has 0 aromatic rings. The number of aldehydes is 1. The SMILES string of the molecule is O=CC(O)C(O)C(O)C(O)COC1OCC(O)C(O)C1O.OC1COC(OCC(O)C2OC(O)C(O)C2O)C(O)C1O.OC1COC(OCC2OC(O)C(O)C(O)C2O)C(O)C1O. The van der Waals surface area contributed by atoms with E-state index >= 15 is 0 Å². The average molecular weight is 937 g/mol. The van der Waals surface area contributed by atoms with Crippen LogP contribution < -0.4 is 0 Å². The van der Waals surface area contributed by atoms with Gasteiger partial charge in [0, 0.05) is 0 Å². The molecule has 5 rings (SSSR count). The number of rotatable bonds is 14. The van der Waals surface area contributed by atoms with Gasteiger partial charge in [-0.05, 0) is 0 Å². The predicted octanol–water partition coefficient (Wildman–Crippen LogP) is -14.4. The zero-order valence-corrected chi connectivity index (χ0v) is 32.9. The van der Waals surface area contributed by atoms with Crippen molar-refractivity contribution >= 4 is 6.29 Å². The van der Waals surface area contributed by atoms with Crippen LogP contribution in [0.3, 0.4) is 0 Å². The Balaban J connectivity index is 0.000000251. The van der Waals surface area contributed by atoms with Gasteiger partial charge in [-0.25, -0.2) is 0 Å². The van der Waals surface area contributed by atoms with E-state index in [9.17, 15) is 107 Å². The van der Waals surface area contributed by atoms with E-state index in [1.54, 1.807) is 0 Å². The van der Waals surface area contributed by atoms with Crippen LogP contribution in [0.4, 0.5) is 0 Å². The second-order valence-corrected chi connectivity index (χ2v) is 15.0. The van der Waals surface area contributed by atoms with E-state index in [0.717, 1.165) is 0 Å². The Bertz CT molecular complexity index is 1310. The van der Waals surface area contributed by atoms with Gasteiger partial charge < -0.3 is 150 Å². The summed E-state index contributed by atoms with van der Waals surface area (Å²) in [6.45, 7) is -2.25. The number of ether oxygens (including phenoxy) is 8. The highest BCUT2D eigenvalue weighted by Gasteiger charge is 2.47. The molecule has 21 N–H and O–H groups in total. The molecule has 0 bridgehead atoms. The Morgan fingerprint density at radius 1 is 0.460 bits per heavy atom. The smallest absolute Gasteiger partial charge is 0.186 e. The summed E-state index contributed by atoms with van der Waals surface area (Å²) in [7, 11) is 0. The fourth-order valence-corrected chi connectivity index (χ4v) is 6.13. The number of carbonyl (C=O) groups excluding carboxylic acids is 1.